The maximum absolute atomic E-state index is 12.9. The van der Waals surface area contributed by atoms with Gasteiger partial charge < -0.3 is 19.4 Å². The molecule has 2 aromatic rings. The molecule has 0 radical (unpaired) electrons. The van der Waals surface area contributed by atoms with Crippen molar-refractivity contribution < 1.29 is 14.3 Å². The number of nitrogens with zero attached hydrogens (tertiary/aromatic N) is 5. The third kappa shape index (κ3) is 3.24. The first-order chi connectivity index (χ1) is 15.7. The number of anilines is 2. The zero-order valence-electron chi connectivity index (χ0n) is 18.1. The van der Waals surface area contributed by atoms with Crippen molar-refractivity contribution in [1.82, 2.24) is 19.8 Å². The van der Waals surface area contributed by atoms with Crippen LogP contribution in [0.3, 0.4) is 0 Å². The van der Waals surface area contributed by atoms with Gasteiger partial charge >= 0.3 is 0 Å². The largest absolute Gasteiger partial charge is 0.377 e. The van der Waals surface area contributed by atoms with Crippen molar-refractivity contribution in [2.75, 3.05) is 37.7 Å². The molecule has 0 aromatic carbocycles. The van der Waals surface area contributed by atoms with Crippen LogP contribution in [0.1, 0.15) is 57.5 Å². The van der Waals surface area contributed by atoms with Crippen LogP contribution < -0.4 is 4.90 Å². The van der Waals surface area contributed by atoms with Crippen LogP contribution >= 0.6 is 0 Å². The molecule has 8 heteroatoms. The minimum Gasteiger partial charge on any atom is -0.377 e. The Morgan fingerprint density at radius 2 is 1.81 bits per heavy atom. The van der Waals surface area contributed by atoms with Crippen LogP contribution in [0.15, 0.2) is 24.5 Å². The molecular weight excluding hydrogens is 406 g/mol. The van der Waals surface area contributed by atoms with Gasteiger partial charge in [-0.3, -0.25) is 9.59 Å². The van der Waals surface area contributed by atoms with E-state index in [-0.39, 0.29) is 17.9 Å². The van der Waals surface area contributed by atoms with E-state index in [1.807, 2.05) is 21.9 Å². The number of piperidine rings is 1. The van der Waals surface area contributed by atoms with Crippen LogP contribution in [0.4, 0.5) is 11.6 Å². The van der Waals surface area contributed by atoms with Crippen molar-refractivity contribution >= 4 is 23.5 Å². The SMILES string of the molecule is O=C(c1cnc2c(c1)CCCN2c1cc2c(cn1)C(=O)N(C1COC1)C2)N1CCCCC1. The Morgan fingerprint density at radius 3 is 2.59 bits per heavy atom. The molecule has 6 rings (SSSR count). The van der Waals surface area contributed by atoms with Gasteiger partial charge in [-0.1, -0.05) is 0 Å². The van der Waals surface area contributed by atoms with E-state index in [9.17, 15) is 9.59 Å². The molecule has 32 heavy (non-hydrogen) atoms. The molecule has 6 heterocycles. The molecule has 0 unspecified atom stereocenters. The molecule has 4 aliphatic heterocycles. The Morgan fingerprint density at radius 1 is 0.969 bits per heavy atom. The normalized spacial score (nSPS) is 20.8. The molecule has 2 amide bonds. The van der Waals surface area contributed by atoms with Crippen molar-refractivity contribution in [1.29, 1.82) is 0 Å². The van der Waals surface area contributed by atoms with E-state index in [4.69, 9.17) is 9.72 Å². The number of pyridine rings is 2. The number of ether oxygens (including phenoxy) is 1. The summed E-state index contributed by atoms with van der Waals surface area (Å²) in [5.74, 6) is 1.82. The van der Waals surface area contributed by atoms with Gasteiger partial charge in [0.25, 0.3) is 11.8 Å². The Hall–Kier alpha value is -3.00. The molecule has 2 fully saturated rings. The number of likely N-dealkylation sites (tertiary alicyclic amines) is 1. The summed E-state index contributed by atoms with van der Waals surface area (Å²) in [5.41, 5.74) is 3.47. The number of hydrogen-bond acceptors (Lipinski definition) is 6. The van der Waals surface area contributed by atoms with E-state index in [1.165, 1.54) is 6.42 Å². The lowest BCUT2D eigenvalue weighted by atomic mass is 10.0. The summed E-state index contributed by atoms with van der Waals surface area (Å²) < 4.78 is 5.26. The summed E-state index contributed by atoms with van der Waals surface area (Å²) in [6.45, 7) is 4.33. The summed E-state index contributed by atoms with van der Waals surface area (Å²) in [5, 5.41) is 0. The van der Waals surface area contributed by atoms with E-state index in [1.54, 1.807) is 12.4 Å². The van der Waals surface area contributed by atoms with E-state index in [0.29, 0.717) is 30.9 Å². The fourth-order valence-corrected chi connectivity index (χ4v) is 5.15. The fraction of sp³-hybridized carbons (Fsp3) is 0.500. The average molecular weight is 434 g/mol. The topological polar surface area (TPSA) is 78.9 Å². The number of amides is 2. The predicted octanol–water partition coefficient (Wildman–Crippen LogP) is 2.54. The second-order valence-corrected chi connectivity index (χ2v) is 9.14. The highest BCUT2D eigenvalue weighted by Crippen LogP contribution is 2.34. The van der Waals surface area contributed by atoms with Gasteiger partial charge in [0, 0.05) is 38.6 Å². The van der Waals surface area contributed by atoms with Gasteiger partial charge in [0.05, 0.1) is 30.4 Å². The Bertz CT molecular complexity index is 1080. The van der Waals surface area contributed by atoms with E-state index in [0.717, 1.165) is 68.1 Å². The second kappa shape index (κ2) is 7.85. The zero-order valence-corrected chi connectivity index (χ0v) is 18.1. The zero-order chi connectivity index (χ0) is 21.7. The monoisotopic (exact) mass is 433 g/mol. The van der Waals surface area contributed by atoms with Crippen LogP contribution in [0.2, 0.25) is 0 Å². The predicted molar refractivity (Wildman–Crippen MR) is 118 cm³/mol. The average Bonchev–Trinajstić information content (AvgIpc) is 3.12. The smallest absolute Gasteiger partial charge is 0.256 e. The fourth-order valence-electron chi connectivity index (χ4n) is 5.15. The minimum absolute atomic E-state index is 0.0467. The molecule has 0 atom stereocenters. The number of aryl methyl sites for hydroxylation is 1. The lowest BCUT2D eigenvalue weighted by Crippen LogP contribution is -2.48. The van der Waals surface area contributed by atoms with Gasteiger partial charge in [0.15, 0.2) is 0 Å². The van der Waals surface area contributed by atoms with Gasteiger partial charge in [-0.2, -0.15) is 0 Å². The standard InChI is InChI=1S/C24H27N5O3/c30-23(27-6-2-1-3-7-27)17-9-16-5-4-8-28(22(16)26-11-17)21-10-18-13-29(19-14-32-15-19)24(31)20(18)12-25-21/h9-12,19H,1-8,13-15H2. The van der Waals surface area contributed by atoms with Gasteiger partial charge in [-0.15, -0.1) is 0 Å². The highest BCUT2D eigenvalue weighted by atomic mass is 16.5. The van der Waals surface area contributed by atoms with Crippen LogP contribution in [-0.2, 0) is 17.7 Å². The minimum atomic E-state index is 0.0467. The molecule has 166 valence electrons. The maximum atomic E-state index is 12.9. The Balaban J connectivity index is 1.26. The Labute approximate surface area is 187 Å². The first-order valence-electron chi connectivity index (χ1n) is 11.6. The maximum Gasteiger partial charge on any atom is 0.256 e. The first kappa shape index (κ1) is 19.7. The summed E-state index contributed by atoms with van der Waals surface area (Å²) in [7, 11) is 0. The summed E-state index contributed by atoms with van der Waals surface area (Å²) in [6.07, 6.45) is 8.65. The van der Waals surface area contributed by atoms with Crippen molar-refractivity contribution in [3.63, 3.8) is 0 Å². The number of fused-ring (bicyclic) bond motifs is 2. The Kier molecular flexibility index (Phi) is 4.82. The van der Waals surface area contributed by atoms with E-state index in [2.05, 4.69) is 9.88 Å². The van der Waals surface area contributed by atoms with Gasteiger partial charge in [-0.25, -0.2) is 9.97 Å². The highest BCUT2D eigenvalue weighted by molar-refractivity contribution is 5.98. The number of rotatable bonds is 3. The molecule has 0 aliphatic carbocycles. The van der Waals surface area contributed by atoms with Crippen LogP contribution in [-0.4, -0.2) is 70.5 Å². The number of carbonyl (C=O) groups excluding carboxylic acids is 2. The van der Waals surface area contributed by atoms with Crippen molar-refractivity contribution in [3.05, 3.63) is 46.8 Å². The van der Waals surface area contributed by atoms with E-state index >= 15 is 0 Å². The number of hydrogen-bond donors (Lipinski definition) is 0. The summed E-state index contributed by atoms with van der Waals surface area (Å²) in [4.78, 5) is 40.9. The van der Waals surface area contributed by atoms with Gasteiger partial charge in [0.2, 0.25) is 0 Å². The second-order valence-electron chi connectivity index (χ2n) is 9.14. The molecule has 0 bridgehead atoms. The summed E-state index contributed by atoms with van der Waals surface area (Å²) >= 11 is 0. The van der Waals surface area contributed by atoms with Crippen LogP contribution in [0.25, 0.3) is 0 Å². The van der Waals surface area contributed by atoms with Crippen molar-refractivity contribution in [2.24, 2.45) is 0 Å². The lowest BCUT2D eigenvalue weighted by Gasteiger charge is -2.34. The third-order valence-electron chi connectivity index (χ3n) is 7.06. The highest BCUT2D eigenvalue weighted by Gasteiger charge is 2.37. The summed E-state index contributed by atoms with van der Waals surface area (Å²) in [6, 6.07) is 4.21. The van der Waals surface area contributed by atoms with Crippen LogP contribution in [0.5, 0.6) is 0 Å². The van der Waals surface area contributed by atoms with Gasteiger partial charge in [-0.05, 0) is 55.4 Å². The van der Waals surface area contributed by atoms with Gasteiger partial charge in [0.1, 0.15) is 11.6 Å². The molecule has 4 aliphatic rings. The molecule has 2 saturated heterocycles. The molecule has 8 nitrogen and oxygen atoms in total. The quantitative estimate of drug-likeness (QED) is 0.740. The number of aromatic nitrogens is 2. The number of carbonyl (C=O) groups is 2. The third-order valence-corrected chi connectivity index (χ3v) is 7.06. The molecule has 2 aromatic heterocycles. The molecule has 0 saturated carbocycles. The van der Waals surface area contributed by atoms with E-state index < -0.39 is 0 Å². The molecule has 0 spiro atoms. The molecular formula is C24H27N5O3. The van der Waals surface area contributed by atoms with Crippen LogP contribution in [0, 0.1) is 0 Å². The molecule has 0 N–H and O–H groups in total. The van der Waals surface area contributed by atoms with Crippen molar-refractivity contribution in [3.8, 4) is 0 Å². The first-order valence-corrected chi connectivity index (χ1v) is 11.6. The lowest BCUT2D eigenvalue weighted by molar-refractivity contribution is -0.0540. The van der Waals surface area contributed by atoms with Crippen molar-refractivity contribution in [2.45, 2.75) is 44.7 Å².